The number of benzene rings is 2. The Labute approximate surface area is 179 Å². The predicted molar refractivity (Wildman–Crippen MR) is 115 cm³/mol. The summed E-state index contributed by atoms with van der Waals surface area (Å²) >= 11 is 0. The van der Waals surface area contributed by atoms with E-state index in [2.05, 4.69) is 0 Å². The van der Waals surface area contributed by atoms with Crippen LogP contribution in [-0.2, 0) is 20.9 Å². The smallest absolute Gasteiger partial charge is 0.336 e. The zero-order valence-electron chi connectivity index (χ0n) is 17.6. The third-order valence-electron chi connectivity index (χ3n) is 5.73. The summed E-state index contributed by atoms with van der Waals surface area (Å²) in [6.07, 6.45) is 0.0983. The number of ether oxygens (including phenoxy) is 2. The average molecular weight is 421 g/mol. The van der Waals surface area contributed by atoms with Crippen molar-refractivity contribution < 1.29 is 23.5 Å². The van der Waals surface area contributed by atoms with Gasteiger partial charge in [0, 0.05) is 41.7 Å². The number of anilines is 1. The molecular formula is C24H23NO6. The molecule has 1 saturated heterocycles. The predicted octanol–water partition coefficient (Wildman–Crippen LogP) is 3.51. The Morgan fingerprint density at radius 1 is 1.16 bits per heavy atom. The number of carbonyl (C=O) groups is 2. The summed E-state index contributed by atoms with van der Waals surface area (Å²) in [5, 5.41) is 0.660. The standard InChI is InChI=1S/C24H23NO6/c1-14-5-4-6-20(15(14)2)25-12-16(9-22(25)26)24(28)30-13-17-10-23(27)31-21-11-18(29-3)7-8-19(17)21/h4-8,10-11,16H,9,12-13H2,1-3H3/t16-/m1/s1. The number of fused-ring (bicyclic) bond motifs is 1. The number of esters is 1. The quantitative estimate of drug-likeness (QED) is 0.463. The Bertz CT molecular complexity index is 1230. The van der Waals surface area contributed by atoms with Gasteiger partial charge in [-0.25, -0.2) is 4.79 Å². The van der Waals surface area contributed by atoms with Gasteiger partial charge in [-0.05, 0) is 43.2 Å². The number of aryl methyl sites for hydroxylation is 1. The third-order valence-corrected chi connectivity index (χ3v) is 5.73. The monoisotopic (exact) mass is 421 g/mol. The van der Waals surface area contributed by atoms with Gasteiger partial charge in [0.05, 0.1) is 13.0 Å². The van der Waals surface area contributed by atoms with E-state index in [1.807, 2.05) is 32.0 Å². The van der Waals surface area contributed by atoms with E-state index in [1.165, 1.54) is 13.2 Å². The fraction of sp³-hybridized carbons (Fsp3) is 0.292. The summed E-state index contributed by atoms with van der Waals surface area (Å²) in [5.74, 6) is -0.565. The fourth-order valence-corrected chi connectivity index (χ4v) is 3.85. The maximum Gasteiger partial charge on any atom is 0.336 e. The first kappa shape index (κ1) is 20.7. The van der Waals surface area contributed by atoms with Gasteiger partial charge in [-0.2, -0.15) is 0 Å². The molecule has 7 nitrogen and oxygen atoms in total. The molecule has 0 radical (unpaired) electrons. The normalized spacial score (nSPS) is 16.0. The molecule has 4 rings (SSSR count). The molecule has 1 aliphatic heterocycles. The highest BCUT2D eigenvalue weighted by Gasteiger charge is 2.36. The average Bonchev–Trinajstić information content (AvgIpc) is 3.14. The summed E-state index contributed by atoms with van der Waals surface area (Å²) in [6, 6.07) is 12.2. The van der Waals surface area contributed by atoms with Crippen LogP contribution in [0.15, 0.2) is 51.7 Å². The van der Waals surface area contributed by atoms with Crippen LogP contribution in [0.5, 0.6) is 5.75 Å². The summed E-state index contributed by atoms with van der Waals surface area (Å²) in [7, 11) is 1.52. The van der Waals surface area contributed by atoms with Crippen LogP contribution >= 0.6 is 0 Å². The van der Waals surface area contributed by atoms with Gasteiger partial charge in [0.2, 0.25) is 5.91 Å². The van der Waals surface area contributed by atoms with E-state index in [1.54, 1.807) is 23.1 Å². The van der Waals surface area contributed by atoms with Crippen LogP contribution in [0.2, 0.25) is 0 Å². The lowest BCUT2D eigenvalue weighted by atomic mass is 10.1. The minimum Gasteiger partial charge on any atom is -0.497 e. The largest absolute Gasteiger partial charge is 0.497 e. The second-order valence-electron chi connectivity index (χ2n) is 7.68. The van der Waals surface area contributed by atoms with E-state index >= 15 is 0 Å². The molecule has 1 fully saturated rings. The number of methoxy groups -OCH3 is 1. The minimum atomic E-state index is -0.557. The van der Waals surface area contributed by atoms with Crippen LogP contribution in [0.4, 0.5) is 5.69 Å². The van der Waals surface area contributed by atoms with E-state index in [9.17, 15) is 14.4 Å². The number of hydrogen-bond donors (Lipinski definition) is 0. The van der Waals surface area contributed by atoms with Crippen LogP contribution < -0.4 is 15.3 Å². The molecule has 0 saturated carbocycles. The van der Waals surface area contributed by atoms with Gasteiger partial charge in [-0.15, -0.1) is 0 Å². The molecule has 0 spiro atoms. The third kappa shape index (κ3) is 4.03. The van der Waals surface area contributed by atoms with E-state index in [0.717, 1.165) is 16.8 Å². The molecule has 1 aromatic heterocycles. The zero-order valence-corrected chi connectivity index (χ0v) is 17.6. The van der Waals surface area contributed by atoms with E-state index < -0.39 is 17.5 Å². The van der Waals surface area contributed by atoms with Crippen molar-refractivity contribution in [3.63, 3.8) is 0 Å². The first-order valence-corrected chi connectivity index (χ1v) is 10.0. The van der Waals surface area contributed by atoms with Crippen LogP contribution in [0.3, 0.4) is 0 Å². The lowest BCUT2D eigenvalue weighted by Gasteiger charge is -2.20. The molecule has 0 unspecified atom stereocenters. The molecule has 160 valence electrons. The highest BCUT2D eigenvalue weighted by atomic mass is 16.5. The minimum absolute atomic E-state index is 0.0819. The molecule has 0 N–H and O–H groups in total. The molecule has 3 aromatic rings. The molecule has 2 aromatic carbocycles. The molecule has 1 atom stereocenters. The van der Waals surface area contributed by atoms with Gasteiger partial charge in [0.1, 0.15) is 17.9 Å². The number of carbonyl (C=O) groups excluding carboxylic acids is 2. The molecule has 1 amide bonds. The molecule has 7 heteroatoms. The van der Waals surface area contributed by atoms with E-state index in [4.69, 9.17) is 13.9 Å². The van der Waals surface area contributed by atoms with Gasteiger partial charge in [-0.3, -0.25) is 9.59 Å². The van der Waals surface area contributed by atoms with Gasteiger partial charge in [-0.1, -0.05) is 12.1 Å². The zero-order chi connectivity index (χ0) is 22.1. The highest BCUT2D eigenvalue weighted by Crippen LogP contribution is 2.30. The van der Waals surface area contributed by atoms with Gasteiger partial charge in [0.25, 0.3) is 0 Å². The SMILES string of the molecule is COc1ccc2c(COC(=O)[C@@H]3CC(=O)N(c4cccc(C)c4C)C3)cc(=O)oc2c1. The molecule has 0 bridgehead atoms. The highest BCUT2D eigenvalue weighted by molar-refractivity contribution is 6.00. The Morgan fingerprint density at radius 2 is 1.97 bits per heavy atom. The van der Waals surface area contributed by atoms with Crippen molar-refractivity contribution in [2.75, 3.05) is 18.6 Å². The Balaban J connectivity index is 1.49. The molecule has 31 heavy (non-hydrogen) atoms. The number of nitrogens with zero attached hydrogens (tertiary/aromatic N) is 1. The molecule has 2 heterocycles. The Morgan fingerprint density at radius 3 is 2.74 bits per heavy atom. The fourth-order valence-electron chi connectivity index (χ4n) is 3.85. The van der Waals surface area contributed by atoms with Crippen molar-refractivity contribution in [3.05, 3.63) is 69.6 Å². The van der Waals surface area contributed by atoms with Crippen molar-refractivity contribution in [1.29, 1.82) is 0 Å². The van der Waals surface area contributed by atoms with Crippen molar-refractivity contribution in [2.24, 2.45) is 5.92 Å². The summed E-state index contributed by atoms with van der Waals surface area (Å²) in [5.41, 5.74) is 3.28. The summed E-state index contributed by atoms with van der Waals surface area (Å²) in [6.45, 7) is 4.14. The van der Waals surface area contributed by atoms with Crippen molar-refractivity contribution in [1.82, 2.24) is 0 Å². The molecule has 0 aliphatic carbocycles. The van der Waals surface area contributed by atoms with Crippen molar-refractivity contribution in [3.8, 4) is 5.75 Å². The Kier molecular flexibility index (Phi) is 5.50. The van der Waals surface area contributed by atoms with Crippen LogP contribution in [0.1, 0.15) is 23.1 Å². The lowest BCUT2D eigenvalue weighted by molar-refractivity contribution is -0.149. The number of amides is 1. The second kappa shape index (κ2) is 8.26. The van der Waals surface area contributed by atoms with Crippen molar-refractivity contribution in [2.45, 2.75) is 26.9 Å². The maximum atomic E-state index is 12.7. The molecular weight excluding hydrogens is 398 g/mol. The maximum absolute atomic E-state index is 12.7. The van der Waals surface area contributed by atoms with E-state index in [0.29, 0.717) is 22.3 Å². The van der Waals surface area contributed by atoms with Crippen molar-refractivity contribution >= 4 is 28.5 Å². The number of rotatable bonds is 5. The second-order valence-corrected chi connectivity index (χ2v) is 7.68. The molecule has 1 aliphatic rings. The van der Waals surface area contributed by atoms with Crippen LogP contribution in [0.25, 0.3) is 11.0 Å². The summed E-state index contributed by atoms with van der Waals surface area (Å²) < 4.78 is 15.9. The van der Waals surface area contributed by atoms with Gasteiger partial charge >= 0.3 is 11.6 Å². The van der Waals surface area contributed by atoms with Gasteiger partial charge in [0.15, 0.2) is 0 Å². The topological polar surface area (TPSA) is 86.0 Å². The number of hydrogen-bond acceptors (Lipinski definition) is 6. The van der Waals surface area contributed by atoms with E-state index in [-0.39, 0.29) is 25.5 Å². The first-order valence-electron chi connectivity index (χ1n) is 10.0. The van der Waals surface area contributed by atoms with Gasteiger partial charge < -0.3 is 18.8 Å². The Hall–Kier alpha value is -3.61. The van der Waals surface area contributed by atoms with Crippen LogP contribution in [-0.4, -0.2) is 25.5 Å². The first-order chi connectivity index (χ1) is 14.9. The summed E-state index contributed by atoms with van der Waals surface area (Å²) in [4.78, 5) is 38.8. The van der Waals surface area contributed by atoms with Crippen LogP contribution in [0, 0.1) is 19.8 Å². The lowest BCUT2D eigenvalue weighted by Crippen LogP contribution is -2.27.